The average molecular weight is 435 g/mol. The summed E-state index contributed by atoms with van der Waals surface area (Å²) in [6.45, 7) is 1.88. The lowest BCUT2D eigenvalue weighted by molar-refractivity contribution is 0.0937. The van der Waals surface area contributed by atoms with E-state index in [9.17, 15) is 9.59 Å². The van der Waals surface area contributed by atoms with Crippen LogP contribution in [0, 0.1) is 5.41 Å². The number of hydrogen-bond donors (Lipinski definition) is 2. The van der Waals surface area contributed by atoms with E-state index in [-0.39, 0.29) is 28.0 Å². The lowest BCUT2D eigenvalue weighted by Gasteiger charge is -2.17. The number of rotatable bonds is 4. The van der Waals surface area contributed by atoms with Crippen LogP contribution in [0.3, 0.4) is 0 Å². The van der Waals surface area contributed by atoms with Gasteiger partial charge in [-0.2, -0.15) is 0 Å². The molecule has 0 saturated carbocycles. The Kier molecular flexibility index (Phi) is 5.06. The Morgan fingerprint density at radius 1 is 0.970 bits per heavy atom. The number of hydrogen-bond acceptors (Lipinski definition) is 4. The maximum atomic E-state index is 13.3. The standard InChI is InChI=1S/C26H21N5O2/c1-17(18-10-4-2-5-11-18)28-25(32)20-16-21-24(29-22-14-8-9-15-30(22)26(21)33)31(23(20)27)19-12-6-3-7-13-19/h2-17,27H,1H3,(H,28,32). The summed E-state index contributed by atoms with van der Waals surface area (Å²) in [5.74, 6) is -0.430. The average Bonchev–Trinajstić information content (AvgIpc) is 2.85. The topological polar surface area (TPSA) is 92.2 Å². The molecule has 1 amide bonds. The SMILES string of the molecule is CC(NC(=O)c1cc2c(=O)n3ccccc3nc2n(-c2ccccc2)c1=N)c1ccccc1. The van der Waals surface area contributed by atoms with Crippen molar-refractivity contribution in [3.63, 3.8) is 0 Å². The summed E-state index contributed by atoms with van der Waals surface area (Å²) in [5, 5.41) is 12.1. The smallest absolute Gasteiger partial charge is 0.267 e. The van der Waals surface area contributed by atoms with E-state index in [1.165, 1.54) is 10.5 Å². The fourth-order valence-electron chi connectivity index (χ4n) is 3.93. The lowest BCUT2D eigenvalue weighted by atomic mass is 10.1. The van der Waals surface area contributed by atoms with Crippen LogP contribution in [0.5, 0.6) is 0 Å². The molecule has 1 unspecified atom stereocenters. The van der Waals surface area contributed by atoms with Gasteiger partial charge in [-0.05, 0) is 42.8 Å². The highest BCUT2D eigenvalue weighted by Gasteiger charge is 2.20. The molecule has 0 bridgehead atoms. The second kappa shape index (κ2) is 8.20. The zero-order chi connectivity index (χ0) is 22.9. The first-order valence-corrected chi connectivity index (χ1v) is 10.6. The summed E-state index contributed by atoms with van der Waals surface area (Å²) in [7, 11) is 0. The molecule has 0 aliphatic carbocycles. The van der Waals surface area contributed by atoms with Gasteiger partial charge in [-0.3, -0.25) is 24.0 Å². The molecular weight excluding hydrogens is 414 g/mol. The minimum atomic E-state index is -0.430. The Balaban J connectivity index is 1.75. The van der Waals surface area contributed by atoms with E-state index in [1.54, 1.807) is 29.0 Å². The third-order valence-electron chi connectivity index (χ3n) is 5.63. The first kappa shape index (κ1) is 20.4. The van der Waals surface area contributed by atoms with Gasteiger partial charge >= 0.3 is 0 Å². The van der Waals surface area contributed by atoms with Crippen LogP contribution in [0.2, 0.25) is 0 Å². The summed E-state index contributed by atoms with van der Waals surface area (Å²) < 4.78 is 2.99. The predicted octanol–water partition coefficient (Wildman–Crippen LogP) is 3.61. The Labute approximate surface area is 189 Å². The Morgan fingerprint density at radius 3 is 2.36 bits per heavy atom. The molecule has 5 aromatic rings. The number of aromatic nitrogens is 3. The van der Waals surface area contributed by atoms with Crippen molar-refractivity contribution < 1.29 is 4.79 Å². The van der Waals surface area contributed by atoms with Gasteiger partial charge in [0.15, 0.2) is 5.65 Å². The van der Waals surface area contributed by atoms with Gasteiger partial charge in [0.05, 0.1) is 17.0 Å². The number of fused-ring (bicyclic) bond motifs is 2. The molecule has 3 heterocycles. The van der Waals surface area contributed by atoms with Crippen LogP contribution in [0.25, 0.3) is 22.4 Å². The summed E-state index contributed by atoms with van der Waals surface area (Å²) in [6, 6.07) is 25.3. The molecule has 5 rings (SSSR count). The third kappa shape index (κ3) is 3.59. The maximum absolute atomic E-state index is 13.3. The van der Waals surface area contributed by atoms with Crippen molar-refractivity contribution >= 4 is 22.6 Å². The zero-order valence-electron chi connectivity index (χ0n) is 17.9. The molecule has 162 valence electrons. The Morgan fingerprint density at radius 2 is 1.64 bits per heavy atom. The largest absolute Gasteiger partial charge is 0.345 e. The number of benzene rings is 2. The fraction of sp³-hybridized carbons (Fsp3) is 0.0769. The molecular formula is C26H21N5O2. The zero-order valence-corrected chi connectivity index (χ0v) is 17.9. The van der Waals surface area contributed by atoms with Crippen LogP contribution < -0.4 is 16.4 Å². The van der Waals surface area contributed by atoms with Gasteiger partial charge in [0.25, 0.3) is 11.5 Å². The first-order valence-electron chi connectivity index (χ1n) is 10.6. The molecule has 7 nitrogen and oxygen atoms in total. The minimum Gasteiger partial charge on any atom is -0.345 e. The molecule has 3 aromatic heterocycles. The van der Waals surface area contributed by atoms with Gasteiger partial charge in [0.1, 0.15) is 11.1 Å². The first-order chi connectivity index (χ1) is 16.0. The molecule has 0 fully saturated rings. The quantitative estimate of drug-likeness (QED) is 0.423. The summed E-state index contributed by atoms with van der Waals surface area (Å²) in [5.41, 5.74) is 2.14. The van der Waals surface area contributed by atoms with E-state index in [2.05, 4.69) is 10.3 Å². The highest BCUT2D eigenvalue weighted by molar-refractivity contribution is 5.97. The number of nitrogens with one attached hydrogen (secondary N) is 2. The number of carbonyl (C=O) groups is 1. The number of para-hydroxylation sites is 1. The Bertz CT molecular complexity index is 1610. The molecule has 2 aromatic carbocycles. The molecule has 0 radical (unpaired) electrons. The molecule has 2 N–H and O–H groups in total. The van der Waals surface area contributed by atoms with E-state index >= 15 is 0 Å². The highest BCUT2D eigenvalue weighted by Crippen LogP contribution is 2.16. The minimum absolute atomic E-state index is 0.0429. The number of pyridine rings is 2. The molecule has 33 heavy (non-hydrogen) atoms. The Hall–Kier alpha value is -4.52. The summed E-state index contributed by atoms with van der Waals surface area (Å²) >= 11 is 0. The van der Waals surface area contributed by atoms with Crippen LogP contribution >= 0.6 is 0 Å². The highest BCUT2D eigenvalue weighted by atomic mass is 16.2. The van der Waals surface area contributed by atoms with Gasteiger partial charge in [-0.25, -0.2) is 4.98 Å². The van der Waals surface area contributed by atoms with E-state index in [4.69, 9.17) is 5.41 Å². The van der Waals surface area contributed by atoms with Crippen molar-refractivity contribution in [3.8, 4) is 5.69 Å². The number of amides is 1. The second-order valence-corrected chi connectivity index (χ2v) is 7.77. The predicted molar refractivity (Wildman–Crippen MR) is 126 cm³/mol. The van der Waals surface area contributed by atoms with Crippen molar-refractivity contribution in [3.05, 3.63) is 118 Å². The van der Waals surface area contributed by atoms with Crippen LogP contribution in [0.1, 0.15) is 28.9 Å². The van der Waals surface area contributed by atoms with Crippen LogP contribution in [-0.2, 0) is 0 Å². The molecule has 0 saturated heterocycles. The van der Waals surface area contributed by atoms with E-state index in [0.29, 0.717) is 17.0 Å². The normalized spacial score (nSPS) is 12.0. The summed E-state index contributed by atoms with van der Waals surface area (Å²) in [6.07, 6.45) is 1.64. The monoisotopic (exact) mass is 435 g/mol. The van der Waals surface area contributed by atoms with Crippen molar-refractivity contribution in [2.24, 2.45) is 0 Å². The molecule has 7 heteroatoms. The van der Waals surface area contributed by atoms with E-state index < -0.39 is 5.91 Å². The number of nitrogens with zero attached hydrogens (tertiary/aromatic N) is 3. The van der Waals surface area contributed by atoms with Crippen molar-refractivity contribution in [1.82, 2.24) is 19.3 Å². The maximum Gasteiger partial charge on any atom is 0.267 e. The third-order valence-corrected chi connectivity index (χ3v) is 5.63. The van der Waals surface area contributed by atoms with E-state index in [0.717, 1.165) is 5.56 Å². The van der Waals surface area contributed by atoms with Gasteiger partial charge in [0.2, 0.25) is 0 Å². The van der Waals surface area contributed by atoms with Crippen LogP contribution in [0.4, 0.5) is 0 Å². The van der Waals surface area contributed by atoms with E-state index in [1.807, 2.05) is 67.6 Å². The van der Waals surface area contributed by atoms with Crippen LogP contribution in [-0.4, -0.2) is 19.9 Å². The lowest BCUT2D eigenvalue weighted by Crippen LogP contribution is -2.35. The molecule has 1 atom stereocenters. The summed E-state index contributed by atoms with van der Waals surface area (Å²) in [4.78, 5) is 31.3. The molecule has 0 aliphatic rings. The second-order valence-electron chi connectivity index (χ2n) is 7.77. The van der Waals surface area contributed by atoms with Gasteiger partial charge < -0.3 is 5.32 Å². The van der Waals surface area contributed by atoms with Crippen molar-refractivity contribution in [2.75, 3.05) is 0 Å². The van der Waals surface area contributed by atoms with Gasteiger partial charge in [-0.1, -0.05) is 54.6 Å². The van der Waals surface area contributed by atoms with Crippen molar-refractivity contribution in [1.29, 1.82) is 5.41 Å². The van der Waals surface area contributed by atoms with Gasteiger partial charge in [-0.15, -0.1) is 0 Å². The van der Waals surface area contributed by atoms with Gasteiger partial charge in [0, 0.05) is 11.9 Å². The fourth-order valence-corrected chi connectivity index (χ4v) is 3.93. The van der Waals surface area contributed by atoms with Crippen molar-refractivity contribution in [2.45, 2.75) is 13.0 Å². The molecule has 0 aliphatic heterocycles. The van der Waals surface area contributed by atoms with Crippen LogP contribution in [0.15, 0.2) is 95.9 Å². The molecule has 0 spiro atoms. The number of carbonyl (C=O) groups excluding carboxylic acids is 1.